The number of nitrogens with zero attached hydrogens (tertiary/aromatic N) is 2. The molecule has 0 saturated heterocycles. The summed E-state index contributed by atoms with van der Waals surface area (Å²) >= 11 is 1.44. The Morgan fingerprint density at radius 1 is 1.06 bits per heavy atom. The second-order valence-corrected chi connectivity index (χ2v) is 10.3. The third kappa shape index (κ3) is 5.44. The number of aryl methyl sites for hydroxylation is 1. The fourth-order valence-electron chi connectivity index (χ4n) is 3.46. The summed E-state index contributed by atoms with van der Waals surface area (Å²) in [6, 6.07) is 20.5. The van der Waals surface area contributed by atoms with E-state index in [1.165, 1.54) is 29.5 Å². The number of sulfonamides is 1. The summed E-state index contributed by atoms with van der Waals surface area (Å²) < 4.78 is 36.3. The Kier molecular flexibility index (Phi) is 7.26. The molecule has 0 unspecified atom stereocenters. The summed E-state index contributed by atoms with van der Waals surface area (Å²) in [5.41, 5.74) is 2.70. The minimum atomic E-state index is -3.76. The number of fused-ring (bicyclic) bond motifs is 1. The van der Waals surface area contributed by atoms with Crippen LogP contribution in [0.15, 0.2) is 82.7 Å². The number of carbonyl (C=O) groups is 1. The normalized spacial score (nSPS) is 12.2. The zero-order valence-electron chi connectivity index (χ0n) is 18.9. The molecule has 176 valence electrons. The summed E-state index contributed by atoms with van der Waals surface area (Å²) in [7, 11) is -3.76. The van der Waals surface area contributed by atoms with Crippen LogP contribution in [0.5, 0.6) is 0 Å². The Balaban J connectivity index is 1.66. The maximum Gasteiger partial charge on any atom is 0.279 e. The molecule has 7 nitrogen and oxygen atoms in total. The van der Waals surface area contributed by atoms with Crippen molar-refractivity contribution in [3.63, 3.8) is 0 Å². The van der Waals surface area contributed by atoms with E-state index in [-0.39, 0.29) is 4.90 Å². The SMILES string of the molecule is CCOCCn1c(=NC(=O)c2cccc(NS(=O)(=O)c3ccccc3)c2)sc2cc(C)ccc21. The number of hydrogen-bond donors (Lipinski definition) is 1. The predicted molar refractivity (Wildman–Crippen MR) is 135 cm³/mol. The van der Waals surface area contributed by atoms with Crippen LogP contribution in [0.25, 0.3) is 10.2 Å². The maximum atomic E-state index is 13.0. The molecule has 0 aliphatic carbocycles. The predicted octanol–water partition coefficient (Wildman–Crippen LogP) is 4.59. The minimum absolute atomic E-state index is 0.146. The number of thiazole rings is 1. The second kappa shape index (κ2) is 10.3. The van der Waals surface area contributed by atoms with Crippen molar-refractivity contribution in [3.8, 4) is 0 Å². The van der Waals surface area contributed by atoms with Crippen molar-refractivity contribution in [2.24, 2.45) is 4.99 Å². The van der Waals surface area contributed by atoms with Gasteiger partial charge in [0, 0.05) is 24.4 Å². The topological polar surface area (TPSA) is 89.8 Å². The van der Waals surface area contributed by atoms with Crippen LogP contribution in [0, 0.1) is 6.92 Å². The van der Waals surface area contributed by atoms with Gasteiger partial charge >= 0.3 is 0 Å². The Bertz CT molecular complexity index is 1490. The van der Waals surface area contributed by atoms with Crippen molar-refractivity contribution >= 4 is 43.2 Å². The molecule has 1 heterocycles. The zero-order valence-corrected chi connectivity index (χ0v) is 20.5. The highest BCUT2D eigenvalue weighted by Gasteiger charge is 2.15. The van der Waals surface area contributed by atoms with Crippen molar-refractivity contribution in [2.45, 2.75) is 25.3 Å². The van der Waals surface area contributed by atoms with E-state index in [4.69, 9.17) is 4.74 Å². The van der Waals surface area contributed by atoms with Crippen molar-refractivity contribution in [2.75, 3.05) is 17.9 Å². The molecular formula is C25H25N3O4S2. The van der Waals surface area contributed by atoms with Gasteiger partial charge in [0.2, 0.25) is 0 Å². The minimum Gasteiger partial charge on any atom is -0.380 e. The first kappa shape index (κ1) is 23.9. The Morgan fingerprint density at radius 3 is 2.62 bits per heavy atom. The summed E-state index contributed by atoms with van der Waals surface area (Å²) in [4.78, 5) is 18.1. The second-order valence-electron chi connectivity index (χ2n) is 7.62. The lowest BCUT2D eigenvalue weighted by Gasteiger charge is -2.08. The van der Waals surface area contributed by atoms with E-state index in [9.17, 15) is 13.2 Å². The lowest BCUT2D eigenvalue weighted by molar-refractivity contribution is 0.0996. The van der Waals surface area contributed by atoms with Crippen LogP contribution >= 0.6 is 11.3 Å². The smallest absolute Gasteiger partial charge is 0.279 e. The molecule has 0 fully saturated rings. The highest BCUT2D eigenvalue weighted by molar-refractivity contribution is 7.92. The fourth-order valence-corrected chi connectivity index (χ4v) is 5.69. The third-order valence-corrected chi connectivity index (χ3v) is 7.55. The Hall–Kier alpha value is -3.27. The van der Waals surface area contributed by atoms with E-state index >= 15 is 0 Å². The van der Waals surface area contributed by atoms with Gasteiger partial charge < -0.3 is 9.30 Å². The molecule has 0 atom stereocenters. The number of aromatic nitrogens is 1. The van der Waals surface area contributed by atoms with E-state index in [2.05, 4.69) is 15.8 Å². The number of rotatable bonds is 8. The van der Waals surface area contributed by atoms with E-state index in [1.54, 1.807) is 36.4 Å². The van der Waals surface area contributed by atoms with Crippen LogP contribution in [-0.4, -0.2) is 32.1 Å². The van der Waals surface area contributed by atoms with Crippen LogP contribution in [0.2, 0.25) is 0 Å². The van der Waals surface area contributed by atoms with Crippen molar-refractivity contribution < 1.29 is 17.9 Å². The number of benzene rings is 3. The molecule has 0 spiro atoms. The zero-order chi connectivity index (χ0) is 24.1. The van der Waals surface area contributed by atoms with Crippen molar-refractivity contribution in [1.82, 2.24) is 4.57 Å². The summed E-state index contributed by atoms with van der Waals surface area (Å²) in [5, 5.41) is 0. The van der Waals surface area contributed by atoms with Gasteiger partial charge in [0.25, 0.3) is 15.9 Å². The monoisotopic (exact) mass is 495 g/mol. The fraction of sp³-hybridized carbons (Fsp3) is 0.200. The van der Waals surface area contributed by atoms with Gasteiger partial charge in [-0.2, -0.15) is 4.99 Å². The van der Waals surface area contributed by atoms with E-state index in [1.807, 2.05) is 30.5 Å². The van der Waals surface area contributed by atoms with Gasteiger partial charge in [-0.3, -0.25) is 9.52 Å². The average Bonchev–Trinajstić information content (AvgIpc) is 3.15. The number of amides is 1. The summed E-state index contributed by atoms with van der Waals surface area (Å²) in [6.45, 7) is 5.65. The quantitative estimate of drug-likeness (QED) is 0.362. The van der Waals surface area contributed by atoms with Gasteiger partial charge in [0.05, 0.1) is 21.7 Å². The van der Waals surface area contributed by atoms with Crippen LogP contribution in [0.3, 0.4) is 0 Å². The third-order valence-electron chi connectivity index (χ3n) is 5.11. The molecule has 0 saturated carbocycles. The van der Waals surface area contributed by atoms with Crippen LogP contribution in [0.4, 0.5) is 5.69 Å². The lowest BCUT2D eigenvalue weighted by Crippen LogP contribution is -2.20. The molecule has 0 bridgehead atoms. The van der Waals surface area contributed by atoms with Gasteiger partial charge in [-0.25, -0.2) is 8.42 Å². The molecule has 1 N–H and O–H groups in total. The molecule has 4 aromatic rings. The summed E-state index contributed by atoms with van der Waals surface area (Å²) in [5.74, 6) is -0.450. The number of carbonyl (C=O) groups excluding carboxylic acids is 1. The van der Waals surface area contributed by atoms with E-state index in [0.717, 1.165) is 15.8 Å². The number of anilines is 1. The van der Waals surface area contributed by atoms with Crippen molar-refractivity contribution in [1.29, 1.82) is 0 Å². The molecular weight excluding hydrogens is 470 g/mol. The Labute approximate surface area is 202 Å². The first-order valence-corrected chi connectivity index (χ1v) is 13.1. The molecule has 3 aromatic carbocycles. The summed E-state index contributed by atoms with van der Waals surface area (Å²) in [6.07, 6.45) is 0. The molecule has 4 rings (SSSR count). The first-order valence-electron chi connectivity index (χ1n) is 10.8. The molecule has 0 aliphatic rings. The van der Waals surface area contributed by atoms with Crippen LogP contribution in [0.1, 0.15) is 22.8 Å². The molecule has 0 radical (unpaired) electrons. The van der Waals surface area contributed by atoms with Gasteiger partial charge in [-0.05, 0) is 61.9 Å². The average molecular weight is 496 g/mol. The van der Waals surface area contributed by atoms with Gasteiger partial charge in [0.1, 0.15) is 0 Å². The van der Waals surface area contributed by atoms with Crippen LogP contribution in [-0.2, 0) is 21.3 Å². The molecule has 9 heteroatoms. The number of nitrogens with one attached hydrogen (secondary N) is 1. The first-order chi connectivity index (χ1) is 16.4. The maximum absolute atomic E-state index is 13.0. The Morgan fingerprint density at radius 2 is 1.85 bits per heavy atom. The van der Waals surface area contributed by atoms with E-state index < -0.39 is 15.9 Å². The largest absolute Gasteiger partial charge is 0.380 e. The highest BCUT2D eigenvalue weighted by atomic mass is 32.2. The van der Waals surface area contributed by atoms with E-state index in [0.29, 0.717) is 35.8 Å². The molecule has 1 amide bonds. The van der Waals surface area contributed by atoms with Gasteiger partial charge in [-0.1, -0.05) is 41.7 Å². The van der Waals surface area contributed by atoms with Gasteiger partial charge in [0.15, 0.2) is 4.80 Å². The molecule has 34 heavy (non-hydrogen) atoms. The number of hydrogen-bond acceptors (Lipinski definition) is 5. The van der Waals surface area contributed by atoms with Gasteiger partial charge in [-0.15, -0.1) is 0 Å². The molecule has 0 aliphatic heterocycles. The van der Waals surface area contributed by atoms with Crippen LogP contribution < -0.4 is 9.52 Å². The number of ether oxygens (including phenoxy) is 1. The highest BCUT2D eigenvalue weighted by Crippen LogP contribution is 2.20. The molecule has 1 aromatic heterocycles. The lowest BCUT2D eigenvalue weighted by atomic mass is 10.2. The van der Waals surface area contributed by atoms with Crippen molar-refractivity contribution in [3.05, 3.63) is 88.7 Å². The standard InChI is InChI=1S/C25H25N3O4S2/c1-3-32-15-14-28-22-13-12-18(2)16-23(22)33-25(28)26-24(29)19-8-7-9-20(17-19)27-34(30,31)21-10-5-4-6-11-21/h4-13,16-17,27H,3,14-15H2,1-2H3.